The van der Waals surface area contributed by atoms with Gasteiger partial charge < -0.3 is 10.4 Å². The van der Waals surface area contributed by atoms with Crippen molar-refractivity contribution in [1.29, 1.82) is 0 Å². The van der Waals surface area contributed by atoms with Gasteiger partial charge in [-0.15, -0.1) is 11.3 Å². The number of aliphatic carboxylic acids is 1. The summed E-state index contributed by atoms with van der Waals surface area (Å²) in [6, 6.07) is 7.81. The zero-order valence-corrected chi connectivity index (χ0v) is 11.1. The summed E-state index contributed by atoms with van der Waals surface area (Å²) in [7, 11) is 0. The van der Waals surface area contributed by atoms with Gasteiger partial charge in [-0.2, -0.15) is 4.98 Å². The van der Waals surface area contributed by atoms with Gasteiger partial charge in [0.25, 0.3) is 0 Å². The van der Waals surface area contributed by atoms with Crippen molar-refractivity contribution >= 4 is 55.0 Å². The number of carboxylic acid groups (broad SMARTS) is 1. The van der Waals surface area contributed by atoms with Crippen molar-refractivity contribution in [2.75, 3.05) is 11.9 Å². The summed E-state index contributed by atoms with van der Waals surface area (Å²) in [6.45, 7) is -0.212. The van der Waals surface area contributed by atoms with E-state index in [1.54, 1.807) is 0 Å². The SMILES string of the molecule is O=C(O)CNc1nc(Cl)nc2c1sc1ccccc12. The number of nitrogens with zero attached hydrogens (tertiary/aromatic N) is 2. The van der Waals surface area contributed by atoms with Crippen molar-refractivity contribution in [2.45, 2.75) is 0 Å². The first-order valence-electron chi connectivity index (χ1n) is 5.45. The zero-order valence-electron chi connectivity index (χ0n) is 9.55. The van der Waals surface area contributed by atoms with E-state index < -0.39 is 5.97 Å². The maximum absolute atomic E-state index is 10.6. The zero-order chi connectivity index (χ0) is 13.4. The molecule has 7 heteroatoms. The fraction of sp³-hybridized carbons (Fsp3) is 0.0833. The molecule has 3 aromatic rings. The first-order chi connectivity index (χ1) is 9.15. The molecule has 0 unspecified atom stereocenters. The van der Waals surface area contributed by atoms with E-state index in [1.165, 1.54) is 11.3 Å². The van der Waals surface area contributed by atoms with Crippen molar-refractivity contribution in [1.82, 2.24) is 9.97 Å². The minimum atomic E-state index is -0.955. The quantitative estimate of drug-likeness (QED) is 0.726. The second-order valence-electron chi connectivity index (χ2n) is 3.86. The van der Waals surface area contributed by atoms with Gasteiger partial charge in [-0.05, 0) is 17.7 Å². The van der Waals surface area contributed by atoms with Crippen LogP contribution in [-0.2, 0) is 4.79 Å². The van der Waals surface area contributed by atoms with E-state index in [0.717, 1.165) is 20.3 Å². The average Bonchev–Trinajstić information content (AvgIpc) is 2.75. The molecular weight excluding hydrogens is 286 g/mol. The highest BCUT2D eigenvalue weighted by molar-refractivity contribution is 7.26. The molecule has 0 fully saturated rings. The second-order valence-corrected chi connectivity index (χ2v) is 5.25. The first kappa shape index (κ1) is 12.1. The van der Waals surface area contributed by atoms with Gasteiger partial charge in [0.2, 0.25) is 5.28 Å². The van der Waals surface area contributed by atoms with Crippen molar-refractivity contribution in [3.8, 4) is 0 Å². The molecule has 0 spiro atoms. The Morgan fingerprint density at radius 3 is 2.95 bits per heavy atom. The molecule has 0 radical (unpaired) electrons. The number of hydrogen-bond acceptors (Lipinski definition) is 5. The Morgan fingerprint density at radius 2 is 2.16 bits per heavy atom. The number of benzene rings is 1. The fourth-order valence-corrected chi connectivity index (χ4v) is 3.12. The summed E-state index contributed by atoms with van der Waals surface area (Å²) in [5, 5.41) is 12.6. The molecule has 0 aliphatic rings. The number of aromatic nitrogens is 2. The summed E-state index contributed by atoms with van der Waals surface area (Å²) in [5.74, 6) is -0.498. The summed E-state index contributed by atoms with van der Waals surface area (Å²) in [4.78, 5) is 18.9. The smallest absolute Gasteiger partial charge is 0.322 e. The number of thiophene rings is 1. The molecule has 0 bridgehead atoms. The third-order valence-electron chi connectivity index (χ3n) is 2.60. The Kier molecular flexibility index (Phi) is 2.96. The molecule has 0 aliphatic carbocycles. The number of rotatable bonds is 3. The molecule has 0 saturated heterocycles. The van der Waals surface area contributed by atoms with Crippen molar-refractivity contribution in [2.24, 2.45) is 0 Å². The van der Waals surface area contributed by atoms with E-state index in [0.29, 0.717) is 5.82 Å². The average molecular weight is 294 g/mol. The Labute approximate surface area is 116 Å². The lowest BCUT2D eigenvalue weighted by atomic mass is 10.2. The van der Waals surface area contributed by atoms with Crippen molar-refractivity contribution < 1.29 is 9.90 Å². The number of nitrogens with one attached hydrogen (secondary N) is 1. The van der Waals surface area contributed by atoms with Gasteiger partial charge in [-0.1, -0.05) is 18.2 Å². The van der Waals surface area contributed by atoms with Gasteiger partial charge in [0.05, 0.1) is 10.2 Å². The van der Waals surface area contributed by atoms with Crippen LogP contribution in [-0.4, -0.2) is 27.6 Å². The van der Waals surface area contributed by atoms with E-state index in [2.05, 4.69) is 15.3 Å². The first-order valence-corrected chi connectivity index (χ1v) is 6.65. The maximum atomic E-state index is 10.6. The van der Waals surface area contributed by atoms with Crippen LogP contribution in [0.2, 0.25) is 5.28 Å². The molecule has 19 heavy (non-hydrogen) atoms. The molecule has 5 nitrogen and oxygen atoms in total. The molecule has 0 saturated carbocycles. The van der Waals surface area contributed by atoms with Gasteiger partial charge in [-0.3, -0.25) is 4.79 Å². The summed E-state index contributed by atoms with van der Waals surface area (Å²) in [5.41, 5.74) is 0.744. The van der Waals surface area contributed by atoms with Gasteiger partial charge >= 0.3 is 5.97 Å². The monoisotopic (exact) mass is 293 g/mol. The summed E-state index contributed by atoms with van der Waals surface area (Å²) >= 11 is 7.40. The van der Waals surface area contributed by atoms with E-state index in [9.17, 15) is 4.79 Å². The molecule has 3 rings (SSSR count). The van der Waals surface area contributed by atoms with Crippen LogP contribution in [0.3, 0.4) is 0 Å². The highest BCUT2D eigenvalue weighted by Gasteiger charge is 2.13. The minimum absolute atomic E-state index is 0.101. The van der Waals surface area contributed by atoms with Crippen LogP contribution in [0.25, 0.3) is 20.3 Å². The van der Waals surface area contributed by atoms with E-state index in [-0.39, 0.29) is 11.8 Å². The molecule has 1 aromatic carbocycles. The Bertz CT molecular complexity index is 787. The van der Waals surface area contributed by atoms with Crippen LogP contribution in [0.15, 0.2) is 24.3 Å². The standard InChI is InChI=1S/C12H8ClN3O2S/c13-12-15-9-6-3-1-2-4-7(6)19-10(9)11(16-12)14-5-8(17)18/h1-4H,5H2,(H,17,18)(H,14,15,16). The highest BCUT2D eigenvalue weighted by Crippen LogP contribution is 2.36. The van der Waals surface area contributed by atoms with Gasteiger partial charge in [0.1, 0.15) is 12.4 Å². The van der Waals surface area contributed by atoms with Crippen molar-refractivity contribution in [3.05, 3.63) is 29.5 Å². The van der Waals surface area contributed by atoms with Crippen molar-refractivity contribution in [3.63, 3.8) is 0 Å². The Morgan fingerprint density at radius 1 is 1.37 bits per heavy atom. The van der Waals surface area contributed by atoms with Crippen LogP contribution in [0.4, 0.5) is 5.82 Å². The topological polar surface area (TPSA) is 75.1 Å². The molecule has 2 N–H and O–H groups in total. The minimum Gasteiger partial charge on any atom is -0.480 e. The molecule has 96 valence electrons. The van der Waals surface area contributed by atoms with E-state index >= 15 is 0 Å². The van der Waals surface area contributed by atoms with Crippen LogP contribution < -0.4 is 5.32 Å². The molecular formula is C12H8ClN3O2S. The highest BCUT2D eigenvalue weighted by atomic mass is 35.5. The third-order valence-corrected chi connectivity index (χ3v) is 3.94. The normalized spacial score (nSPS) is 11.0. The number of carboxylic acids is 1. The van der Waals surface area contributed by atoms with Crippen LogP contribution in [0, 0.1) is 0 Å². The predicted molar refractivity (Wildman–Crippen MR) is 76.1 cm³/mol. The lowest BCUT2D eigenvalue weighted by Gasteiger charge is -2.03. The number of halogens is 1. The largest absolute Gasteiger partial charge is 0.480 e. The van der Waals surface area contributed by atoms with Gasteiger partial charge in [-0.25, -0.2) is 4.98 Å². The third kappa shape index (κ3) is 2.20. The number of hydrogen-bond donors (Lipinski definition) is 2. The van der Waals surface area contributed by atoms with E-state index in [1.807, 2.05) is 24.3 Å². The number of fused-ring (bicyclic) bond motifs is 3. The number of carbonyl (C=O) groups is 1. The molecule has 0 amide bonds. The molecule has 0 aliphatic heterocycles. The lowest BCUT2D eigenvalue weighted by Crippen LogP contribution is -2.13. The second kappa shape index (κ2) is 4.64. The van der Waals surface area contributed by atoms with Crippen LogP contribution >= 0.6 is 22.9 Å². The van der Waals surface area contributed by atoms with Crippen LogP contribution in [0.5, 0.6) is 0 Å². The Hall–Kier alpha value is -1.92. The number of anilines is 1. The van der Waals surface area contributed by atoms with Gasteiger partial charge in [0, 0.05) is 10.1 Å². The van der Waals surface area contributed by atoms with E-state index in [4.69, 9.17) is 16.7 Å². The Balaban J connectivity index is 2.23. The summed E-state index contributed by atoms with van der Waals surface area (Å²) in [6.07, 6.45) is 0. The summed E-state index contributed by atoms with van der Waals surface area (Å²) < 4.78 is 1.87. The molecule has 2 heterocycles. The predicted octanol–water partition coefficient (Wildman–Crippen LogP) is 2.99. The van der Waals surface area contributed by atoms with Gasteiger partial charge in [0.15, 0.2) is 0 Å². The van der Waals surface area contributed by atoms with Crippen LogP contribution in [0.1, 0.15) is 0 Å². The maximum Gasteiger partial charge on any atom is 0.322 e. The molecule has 2 aromatic heterocycles. The fourth-order valence-electron chi connectivity index (χ4n) is 1.84. The molecule has 0 atom stereocenters. The lowest BCUT2D eigenvalue weighted by molar-refractivity contribution is -0.134.